The number of hydrogen-bond acceptors (Lipinski definition) is 0. The molecule has 0 fully saturated rings. The fourth-order valence-electron chi connectivity index (χ4n) is 1.34. The van der Waals surface area contributed by atoms with E-state index in [1.807, 2.05) is 12.2 Å². The van der Waals surface area contributed by atoms with E-state index in [0.29, 0.717) is 17.8 Å². The van der Waals surface area contributed by atoms with Crippen LogP contribution in [0.1, 0.15) is 20.3 Å². The summed E-state index contributed by atoms with van der Waals surface area (Å²) >= 11 is 0. The molecule has 0 radical (unpaired) electrons. The van der Waals surface area contributed by atoms with Crippen LogP contribution in [-0.4, -0.2) is 0 Å². The zero-order chi connectivity index (χ0) is 9.56. The van der Waals surface area contributed by atoms with Crippen molar-refractivity contribution < 1.29 is 0 Å². The van der Waals surface area contributed by atoms with Gasteiger partial charge in [-0.2, -0.15) is 0 Å². The number of rotatable bonds is 5. The van der Waals surface area contributed by atoms with E-state index in [-0.39, 0.29) is 0 Å². The largest absolute Gasteiger partial charge is 0.120 e. The number of allylic oxidation sites excluding steroid dienone is 2. The van der Waals surface area contributed by atoms with Crippen molar-refractivity contribution in [2.24, 2.45) is 17.8 Å². The van der Waals surface area contributed by atoms with Gasteiger partial charge in [0.15, 0.2) is 0 Å². The van der Waals surface area contributed by atoms with E-state index in [4.69, 9.17) is 6.42 Å². The first kappa shape index (κ1) is 11.0. The topological polar surface area (TPSA) is 0 Å². The molecule has 0 amide bonds. The summed E-state index contributed by atoms with van der Waals surface area (Å²) in [6, 6.07) is 0. The molecule has 1 unspecified atom stereocenters. The Morgan fingerprint density at radius 3 is 1.92 bits per heavy atom. The van der Waals surface area contributed by atoms with Gasteiger partial charge in [-0.15, -0.1) is 25.5 Å². The number of terminal acetylenes is 1. The Balaban J connectivity index is 4.31. The minimum atomic E-state index is 0.467. The Kier molecular flexibility index (Phi) is 5.21. The highest BCUT2D eigenvalue weighted by molar-refractivity contribution is 4.97. The molecule has 0 aliphatic heterocycles. The minimum absolute atomic E-state index is 0.467. The van der Waals surface area contributed by atoms with Gasteiger partial charge in [-0.25, -0.2) is 0 Å². The Hall–Kier alpha value is -0.960. The van der Waals surface area contributed by atoms with Crippen molar-refractivity contribution in [2.75, 3.05) is 0 Å². The third kappa shape index (κ3) is 2.96. The van der Waals surface area contributed by atoms with Crippen LogP contribution in [0.2, 0.25) is 0 Å². The summed E-state index contributed by atoms with van der Waals surface area (Å²) in [6.45, 7) is 11.9. The Labute approximate surface area is 76.4 Å². The average Bonchev–Trinajstić information content (AvgIpc) is 2.11. The molecule has 0 aromatic heterocycles. The second-order valence-electron chi connectivity index (χ2n) is 3.26. The van der Waals surface area contributed by atoms with Crippen LogP contribution in [-0.2, 0) is 0 Å². The summed E-state index contributed by atoms with van der Waals surface area (Å²) < 4.78 is 0. The lowest BCUT2D eigenvalue weighted by Gasteiger charge is -2.23. The van der Waals surface area contributed by atoms with Crippen LogP contribution in [0.25, 0.3) is 0 Å². The van der Waals surface area contributed by atoms with Gasteiger partial charge in [0.2, 0.25) is 0 Å². The number of hydrogen-bond donors (Lipinski definition) is 0. The monoisotopic (exact) mass is 162 g/mol. The van der Waals surface area contributed by atoms with Crippen LogP contribution < -0.4 is 0 Å². The predicted octanol–water partition coefficient (Wildman–Crippen LogP) is 3.27. The van der Waals surface area contributed by atoms with Crippen LogP contribution in [0.15, 0.2) is 25.3 Å². The minimum Gasteiger partial charge on any atom is -0.120 e. The Morgan fingerprint density at radius 2 is 1.67 bits per heavy atom. The summed E-state index contributed by atoms with van der Waals surface area (Å²) in [7, 11) is 0. The molecule has 3 atom stereocenters. The first-order valence-corrected chi connectivity index (χ1v) is 4.36. The summed E-state index contributed by atoms with van der Waals surface area (Å²) in [5, 5.41) is 0. The van der Waals surface area contributed by atoms with E-state index in [1.54, 1.807) is 0 Å². The van der Waals surface area contributed by atoms with Gasteiger partial charge in [-0.05, 0) is 17.8 Å². The average molecular weight is 162 g/mol. The summed E-state index contributed by atoms with van der Waals surface area (Å²) in [4.78, 5) is 0. The predicted molar refractivity (Wildman–Crippen MR) is 55.7 cm³/mol. The van der Waals surface area contributed by atoms with Crippen molar-refractivity contribution in [2.45, 2.75) is 20.3 Å². The lowest BCUT2D eigenvalue weighted by Crippen LogP contribution is -2.16. The SMILES string of the molecule is C#CCC([C@H](C)C=C)[C@@H](C)C=C. The van der Waals surface area contributed by atoms with E-state index < -0.39 is 0 Å². The Bertz CT molecular complexity index is 169. The van der Waals surface area contributed by atoms with E-state index in [0.717, 1.165) is 6.42 Å². The first-order chi connectivity index (χ1) is 5.67. The van der Waals surface area contributed by atoms with Gasteiger partial charge in [0.05, 0.1) is 0 Å². The highest BCUT2D eigenvalue weighted by atomic mass is 14.2. The van der Waals surface area contributed by atoms with Crippen LogP contribution >= 0.6 is 0 Å². The lowest BCUT2D eigenvalue weighted by atomic mass is 9.81. The zero-order valence-electron chi connectivity index (χ0n) is 8.09. The lowest BCUT2D eigenvalue weighted by molar-refractivity contribution is 0.348. The van der Waals surface area contributed by atoms with Gasteiger partial charge in [0, 0.05) is 6.42 Å². The van der Waals surface area contributed by atoms with E-state index in [2.05, 4.69) is 32.9 Å². The summed E-state index contributed by atoms with van der Waals surface area (Å²) in [5.41, 5.74) is 0. The quantitative estimate of drug-likeness (QED) is 0.430. The smallest absolute Gasteiger partial charge is 0.0125 e. The normalized spacial score (nSPS) is 17.1. The van der Waals surface area contributed by atoms with Gasteiger partial charge in [0.1, 0.15) is 0 Å². The van der Waals surface area contributed by atoms with Crippen molar-refractivity contribution in [3.05, 3.63) is 25.3 Å². The molecule has 12 heavy (non-hydrogen) atoms. The molecule has 0 nitrogen and oxygen atoms in total. The fraction of sp³-hybridized carbons (Fsp3) is 0.500. The third-order valence-corrected chi connectivity index (χ3v) is 2.45. The molecule has 0 saturated heterocycles. The first-order valence-electron chi connectivity index (χ1n) is 4.36. The van der Waals surface area contributed by atoms with E-state index >= 15 is 0 Å². The van der Waals surface area contributed by atoms with Crippen LogP contribution in [0.5, 0.6) is 0 Å². The molecule has 0 rings (SSSR count). The summed E-state index contributed by atoms with van der Waals surface area (Å²) in [5.74, 6) is 4.13. The second-order valence-corrected chi connectivity index (χ2v) is 3.26. The molecule has 0 heteroatoms. The van der Waals surface area contributed by atoms with Gasteiger partial charge in [-0.1, -0.05) is 26.0 Å². The molecular weight excluding hydrogens is 144 g/mol. The molecule has 0 bridgehead atoms. The Morgan fingerprint density at radius 1 is 1.25 bits per heavy atom. The van der Waals surface area contributed by atoms with E-state index in [9.17, 15) is 0 Å². The highest BCUT2D eigenvalue weighted by Gasteiger charge is 2.18. The van der Waals surface area contributed by atoms with Crippen molar-refractivity contribution in [1.29, 1.82) is 0 Å². The highest BCUT2D eigenvalue weighted by Crippen LogP contribution is 2.25. The molecule has 0 N–H and O–H groups in total. The van der Waals surface area contributed by atoms with Gasteiger partial charge in [-0.3, -0.25) is 0 Å². The standard InChI is InChI=1S/C12H18/c1-6-9-12(10(4)7-2)11(5)8-3/h1,7-8,10-12H,2-3,9H2,4-5H3/t10-,11+,12?. The molecule has 0 aromatic carbocycles. The van der Waals surface area contributed by atoms with Crippen molar-refractivity contribution in [3.63, 3.8) is 0 Å². The van der Waals surface area contributed by atoms with Crippen molar-refractivity contribution in [1.82, 2.24) is 0 Å². The van der Waals surface area contributed by atoms with Gasteiger partial charge < -0.3 is 0 Å². The van der Waals surface area contributed by atoms with Gasteiger partial charge in [0.25, 0.3) is 0 Å². The van der Waals surface area contributed by atoms with Crippen molar-refractivity contribution in [3.8, 4) is 12.3 Å². The molecule has 0 spiro atoms. The molecule has 0 aromatic rings. The maximum atomic E-state index is 5.30. The molecule has 0 aliphatic rings. The van der Waals surface area contributed by atoms with Crippen LogP contribution in [0.4, 0.5) is 0 Å². The maximum absolute atomic E-state index is 5.30. The zero-order valence-corrected chi connectivity index (χ0v) is 8.09. The second kappa shape index (κ2) is 5.66. The molecule has 66 valence electrons. The van der Waals surface area contributed by atoms with Gasteiger partial charge >= 0.3 is 0 Å². The molecular formula is C12H18. The fourth-order valence-corrected chi connectivity index (χ4v) is 1.34. The summed E-state index contributed by atoms with van der Waals surface area (Å²) in [6.07, 6.45) is 10.0. The third-order valence-electron chi connectivity index (χ3n) is 2.45. The van der Waals surface area contributed by atoms with E-state index in [1.165, 1.54) is 0 Å². The van der Waals surface area contributed by atoms with Crippen molar-refractivity contribution >= 4 is 0 Å². The van der Waals surface area contributed by atoms with Crippen LogP contribution in [0, 0.1) is 30.1 Å². The van der Waals surface area contributed by atoms with Crippen LogP contribution in [0.3, 0.4) is 0 Å². The molecule has 0 aliphatic carbocycles. The molecule has 0 heterocycles. The maximum Gasteiger partial charge on any atom is 0.0125 e. The molecule has 0 saturated carbocycles.